The molecule has 12 heteroatoms. The van der Waals surface area contributed by atoms with Gasteiger partial charge >= 0.3 is 17.6 Å². The van der Waals surface area contributed by atoms with Crippen molar-refractivity contribution in [2.45, 2.75) is 13.8 Å². The molecule has 2 aliphatic rings. The van der Waals surface area contributed by atoms with Crippen LogP contribution < -0.4 is 20.1 Å². The molecule has 1 fully saturated rings. The van der Waals surface area contributed by atoms with Crippen molar-refractivity contribution in [1.29, 1.82) is 0 Å². The van der Waals surface area contributed by atoms with Crippen LogP contribution in [0.15, 0.2) is 86.8 Å². The van der Waals surface area contributed by atoms with Gasteiger partial charge in [-0.05, 0) is 54.9 Å². The molecule has 0 aromatic heterocycles. The Morgan fingerprint density at radius 2 is 1.50 bits per heavy atom. The molecule has 4 rings (SSSR count). The number of carbonyl (C=O) groups is 2. The summed E-state index contributed by atoms with van der Waals surface area (Å²) in [5, 5.41) is 13.5. The molecular weight excluding hydrogens is 444 g/mol. The van der Waals surface area contributed by atoms with E-state index in [-0.39, 0.29) is 22.8 Å². The van der Waals surface area contributed by atoms with Crippen LogP contribution >= 0.6 is 0 Å². The van der Waals surface area contributed by atoms with Crippen LogP contribution in [0, 0.1) is 0 Å². The summed E-state index contributed by atoms with van der Waals surface area (Å²) in [5.74, 6) is -0.000372. The van der Waals surface area contributed by atoms with Crippen molar-refractivity contribution in [3.8, 4) is 11.5 Å². The van der Waals surface area contributed by atoms with Crippen LogP contribution in [0.25, 0.3) is 0 Å². The Bertz CT molecular complexity index is 1250. The molecule has 0 amide bonds. The first-order valence-electron chi connectivity index (χ1n) is 10.0. The fourth-order valence-corrected chi connectivity index (χ4v) is 3.19. The standard InChI is InChI=1S/C22H21N6O6/c1-13(19-21(29)33-25-27(19)15-5-9-17(31-3)10-6-15)23-24-14(2)20-22(30)34-26-28(20)16-7-11-18(32-4)12-8-16/h5-12,25H,1-4H3/q+1/b19-13+,20-14-,24-23+. The third kappa shape index (κ3) is 4.34. The first-order valence-corrected chi connectivity index (χ1v) is 10.0. The maximum atomic E-state index is 12.3. The van der Waals surface area contributed by atoms with Gasteiger partial charge in [0.2, 0.25) is 11.0 Å². The molecule has 0 radical (unpaired) electrons. The summed E-state index contributed by atoms with van der Waals surface area (Å²) in [6.45, 7) is 3.18. The number of anilines is 1. The molecule has 2 aliphatic heterocycles. The lowest BCUT2D eigenvalue weighted by Gasteiger charge is -2.16. The van der Waals surface area contributed by atoms with Crippen molar-refractivity contribution in [3.63, 3.8) is 0 Å². The molecular formula is C22H21N6O6+. The highest BCUT2D eigenvalue weighted by molar-refractivity contribution is 5.95. The van der Waals surface area contributed by atoms with Gasteiger partial charge in [-0.25, -0.2) is 14.6 Å². The molecule has 2 aromatic rings. The molecule has 0 spiro atoms. The van der Waals surface area contributed by atoms with Gasteiger partial charge < -0.3 is 14.3 Å². The molecule has 1 N–H and O–H groups in total. The highest BCUT2D eigenvalue weighted by Gasteiger charge is 2.39. The molecule has 34 heavy (non-hydrogen) atoms. The Labute approximate surface area is 194 Å². The Kier molecular flexibility index (Phi) is 6.32. The van der Waals surface area contributed by atoms with E-state index in [2.05, 4.69) is 21.1 Å². The number of hydrogen-bond acceptors (Lipinski definition) is 11. The van der Waals surface area contributed by atoms with E-state index in [0.717, 1.165) is 0 Å². The van der Waals surface area contributed by atoms with Gasteiger partial charge in [0.05, 0.1) is 25.6 Å². The van der Waals surface area contributed by atoms with Gasteiger partial charge in [-0.1, -0.05) is 5.59 Å². The first-order chi connectivity index (χ1) is 16.4. The number of carbonyl (C=O) groups excluding carboxylic acids is 2. The first kappa shape index (κ1) is 22.6. The van der Waals surface area contributed by atoms with Crippen LogP contribution in [0.2, 0.25) is 0 Å². The summed E-state index contributed by atoms with van der Waals surface area (Å²) in [6, 6.07) is 13.9. The van der Waals surface area contributed by atoms with E-state index < -0.39 is 11.9 Å². The van der Waals surface area contributed by atoms with Crippen molar-refractivity contribution < 1.29 is 33.4 Å². The zero-order valence-electron chi connectivity index (χ0n) is 18.8. The minimum Gasteiger partial charge on any atom is -0.497 e. The van der Waals surface area contributed by atoms with E-state index in [4.69, 9.17) is 19.1 Å². The molecule has 0 atom stereocenters. The molecule has 0 saturated carbocycles. The molecule has 174 valence electrons. The predicted octanol–water partition coefficient (Wildman–Crippen LogP) is 3.67. The SMILES string of the molecule is COc1ccc(N2NOC(=O)\C2=C(C)/N=N/C(C)=C2/C(=O)ON=[N+]2c2ccc(OC)cc2)cc1. The Hall–Kier alpha value is -4.58. The number of azo groups is 1. The van der Waals surface area contributed by atoms with Gasteiger partial charge in [0.1, 0.15) is 17.2 Å². The number of benzene rings is 2. The average Bonchev–Trinajstić information content (AvgIpc) is 3.45. The Balaban J connectivity index is 1.64. The number of hydrogen-bond donors (Lipinski definition) is 1. The monoisotopic (exact) mass is 465 g/mol. The second-order valence-corrected chi connectivity index (χ2v) is 7.05. The summed E-state index contributed by atoms with van der Waals surface area (Å²) in [6.07, 6.45) is 0. The maximum Gasteiger partial charge on any atom is 0.439 e. The third-order valence-electron chi connectivity index (χ3n) is 4.94. The van der Waals surface area contributed by atoms with Crippen molar-refractivity contribution in [1.82, 2.24) is 5.59 Å². The van der Waals surface area contributed by atoms with Gasteiger partial charge in [0.15, 0.2) is 5.70 Å². The lowest BCUT2D eigenvalue weighted by atomic mass is 10.2. The highest BCUT2D eigenvalue weighted by atomic mass is 16.7. The van der Waals surface area contributed by atoms with E-state index in [1.807, 2.05) is 0 Å². The summed E-state index contributed by atoms with van der Waals surface area (Å²) in [5.41, 5.74) is 4.45. The van der Waals surface area contributed by atoms with Gasteiger partial charge in [0.25, 0.3) is 0 Å². The van der Waals surface area contributed by atoms with E-state index in [9.17, 15) is 9.59 Å². The quantitative estimate of drug-likeness (QED) is 0.389. The maximum absolute atomic E-state index is 12.3. The minimum absolute atomic E-state index is 0.0888. The van der Waals surface area contributed by atoms with Crippen molar-refractivity contribution in [2.75, 3.05) is 19.2 Å². The lowest BCUT2D eigenvalue weighted by molar-refractivity contribution is -0.464. The molecule has 12 nitrogen and oxygen atoms in total. The molecule has 0 bridgehead atoms. The van der Waals surface area contributed by atoms with Crippen LogP contribution in [0.3, 0.4) is 0 Å². The zero-order chi connectivity index (χ0) is 24.2. The number of hydrazine groups is 1. The summed E-state index contributed by atoms with van der Waals surface area (Å²) >= 11 is 0. The second kappa shape index (κ2) is 9.50. The fourth-order valence-electron chi connectivity index (χ4n) is 3.19. The zero-order valence-corrected chi connectivity index (χ0v) is 18.8. The van der Waals surface area contributed by atoms with Crippen LogP contribution in [-0.2, 0) is 19.3 Å². The van der Waals surface area contributed by atoms with E-state index in [0.29, 0.717) is 22.9 Å². The Morgan fingerprint density at radius 1 is 0.912 bits per heavy atom. The number of nitrogens with zero attached hydrogens (tertiary/aromatic N) is 5. The largest absolute Gasteiger partial charge is 0.497 e. The van der Waals surface area contributed by atoms with Crippen LogP contribution in [0.1, 0.15) is 13.8 Å². The molecule has 0 unspecified atom stereocenters. The number of methoxy groups -OCH3 is 2. The van der Waals surface area contributed by atoms with E-state index in [1.165, 1.54) is 9.71 Å². The number of rotatable bonds is 6. The summed E-state index contributed by atoms with van der Waals surface area (Å²) < 4.78 is 11.6. The topological polar surface area (TPSA) is 126 Å². The summed E-state index contributed by atoms with van der Waals surface area (Å²) in [7, 11) is 3.12. The number of nitrogens with one attached hydrogen (secondary N) is 1. The number of ether oxygens (including phenoxy) is 2. The minimum atomic E-state index is -0.681. The van der Waals surface area contributed by atoms with Crippen LogP contribution in [0.4, 0.5) is 11.4 Å². The van der Waals surface area contributed by atoms with Gasteiger partial charge in [-0.15, -0.1) is 5.11 Å². The highest BCUT2D eigenvalue weighted by Crippen LogP contribution is 2.29. The van der Waals surface area contributed by atoms with Crippen LogP contribution in [-0.4, -0.2) is 30.9 Å². The Morgan fingerprint density at radius 3 is 2.12 bits per heavy atom. The van der Waals surface area contributed by atoms with Crippen molar-refractivity contribution in [2.24, 2.45) is 15.5 Å². The van der Waals surface area contributed by atoms with Crippen molar-refractivity contribution in [3.05, 3.63) is 71.3 Å². The molecule has 2 heterocycles. The van der Waals surface area contributed by atoms with E-state index >= 15 is 0 Å². The fraction of sp³-hybridized carbons (Fsp3) is 0.182. The summed E-state index contributed by atoms with van der Waals surface area (Å²) in [4.78, 5) is 34.4. The third-order valence-corrected chi connectivity index (χ3v) is 4.94. The lowest BCUT2D eigenvalue weighted by Crippen LogP contribution is -2.29. The normalized spacial score (nSPS) is 18.6. The average molecular weight is 465 g/mol. The second-order valence-electron chi connectivity index (χ2n) is 7.05. The smallest absolute Gasteiger partial charge is 0.439 e. The van der Waals surface area contributed by atoms with Crippen LogP contribution in [0.5, 0.6) is 11.5 Å². The molecule has 1 saturated heterocycles. The predicted molar refractivity (Wildman–Crippen MR) is 116 cm³/mol. The van der Waals surface area contributed by atoms with Crippen molar-refractivity contribution >= 4 is 23.3 Å². The molecule has 2 aromatic carbocycles. The van der Waals surface area contributed by atoms with Gasteiger partial charge in [0, 0.05) is 12.1 Å². The van der Waals surface area contributed by atoms with Gasteiger partial charge in [-0.2, -0.15) is 5.11 Å². The molecule has 0 aliphatic carbocycles. The van der Waals surface area contributed by atoms with E-state index in [1.54, 1.807) is 76.6 Å². The number of allylic oxidation sites excluding steroid dienone is 2. The van der Waals surface area contributed by atoms with Gasteiger partial charge in [-0.3, -0.25) is 4.84 Å².